The predicted molar refractivity (Wildman–Crippen MR) is 117 cm³/mol. The normalized spacial score (nSPS) is 14.9. The number of fused-ring (bicyclic) bond motifs is 1. The Kier molecular flexibility index (Phi) is 5.09. The van der Waals surface area contributed by atoms with Gasteiger partial charge in [-0.05, 0) is 45.0 Å². The Morgan fingerprint density at radius 3 is 2.38 bits per heavy atom. The number of hydrogen-bond donors (Lipinski definition) is 1. The number of rotatable bonds is 4. The number of aryl methyl sites for hydroxylation is 1. The van der Waals surface area contributed by atoms with Gasteiger partial charge in [-0.1, -0.05) is 29.8 Å². The van der Waals surface area contributed by atoms with E-state index in [1.165, 1.54) is 5.56 Å². The Labute approximate surface area is 171 Å². The van der Waals surface area contributed by atoms with Crippen LogP contribution >= 0.6 is 0 Å². The average Bonchev–Trinajstić information content (AvgIpc) is 2.74. The molecule has 1 saturated heterocycles. The van der Waals surface area contributed by atoms with E-state index < -0.39 is 5.54 Å². The van der Waals surface area contributed by atoms with Crippen molar-refractivity contribution in [2.45, 2.75) is 26.3 Å². The van der Waals surface area contributed by atoms with Gasteiger partial charge in [0.05, 0.1) is 5.52 Å². The molecule has 3 aromatic rings. The lowest BCUT2D eigenvalue weighted by molar-refractivity contribution is -0.135. The molecule has 0 bridgehead atoms. The number of carbonyl (C=O) groups excluding carboxylic acids is 1. The molecule has 0 atom stereocenters. The highest BCUT2D eigenvalue weighted by molar-refractivity contribution is 5.90. The monoisotopic (exact) mass is 389 g/mol. The topological polar surface area (TPSA) is 61.4 Å². The van der Waals surface area contributed by atoms with Gasteiger partial charge in [-0.2, -0.15) is 0 Å². The SMILES string of the molecule is Cc1ccc(NC(C)(C)C(=O)N2CCN(c3ncnc4ccccc34)CC2)cc1. The van der Waals surface area contributed by atoms with Crippen molar-refractivity contribution in [1.82, 2.24) is 14.9 Å². The standard InChI is InChI=1S/C23H27N5O/c1-17-8-10-18(11-9-17)26-23(2,3)22(29)28-14-12-27(13-15-28)21-19-6-4-5-7-20(19)24-16-25-21/h4-11,16,26H,12-15H2,1-3H3. The van der Waals surface area contributed by atoms with Crippen LogP contribution in [0.25, 0.3) is 10.9 Å². The van der Waals surface area contributed by atoms with Crippen LogP contribution in [0.2, 0.25) is 0 Å². The Balaban J connectivity index is 1.43. The number of benzene rings is 2. The molecule has 1 amide bonds. The molecule has 1 aliphatic heterocycles. The van der Waals surface area contributed by atoms with Gasteiger partial charge >= 0.3 is 0 Å². The first kappa shape index (κ1) is 19.2. The average molecular weight is 390 g/mol. The lowest BCUT2D eigenvalue weighted by atomic mass is 10.0. The Morgan fingerprint density at radius 1 is 0.966 bits per heavy atom. The summed E-state index contributed by atoms with van der Waals surface area (Å²) < 4.78 is 0. The zero-order chi connectivity index (χ0) is 20.4. The molecule has 4 rings (SSSR count). The van der Waals surface area contributed by atoms with E-state index in [1.54, 1.807) is 6.33 Å². The van der Waals surface area contributed by atoms with E-state index in [4.69, 9.17) is 0 Å². The van der Waals surface area contributed by atoms with E-state index >= 15 is 0 Å². The number of nitrogens with one attached hydrogen (secondary N) is 1. The summed E-state index contributed by atoms with van der Waals surface area (Å²) in [5.74, 6) is 1.06. The molecule has 1 aromatic heterocycles. The molecule has 0 unspecified atom stereocenters. The summed E-state index contributed by atoms with van der Waals surface area (Å²) in [4.78, 5) is 26.2. The number of aromatic nitrogens is 2. The van der Waals surface area contributed by atoms with Crippen LogP contribution in [0, 0.1) is 6.92 Å². The molecule has 1 aliphatic rings. The minimum absolute atomic E-state index is 0.116. The number of amides is 1. The van der Waals surface area contributed by atoms with Crippen LogP contribution < -0.4 is 10.2 Å². The van der Waals surface area contributed by atoms with Gasteiger partial charge in [0.2, 0.25) is 5.91 Å². The fourth-order valence-corrected chi connectivity index (χ4v) is 3.81. The fourth-order valence-electron chi connectivity index (χ4n) is 3.81. The van der Waals surface area contributed by atoms with Crippen LogP contribution in [0.15, 0.2) is 54.9 Å². The third-order valence-corrected chi connectivity index (χ3v) is 5.43. The minimum atomic E-state index is -0.668. The maximum atomic E-state index is 13.2. The van der Waals surface area contributed by atoms with Crippen LogP contribution in [0.1, 0.15) is 19.4 Å². The highest BCUT2D eigenvalue weighted by Gasteiger charge is 2.34. The van der Waals surface area contributed by atoms with Crippen molar-refractivity contribution in [2.75, 3.05) is 36.4 Å². The minimum Gasteiger partial charge on any atom is -0.372 e. The molecule has 6 heteroatoms. The highest BCUT2D eigenvalue weighted by atomic mass is 16.2. The van der Waals surface area contributed by atoms with Gasteiger partial charge in [0.25, 0.3) is 0 Å². The molecule has 2 heterocycles. The smallest absolute Gasteiger partial charge is 0.247 e. The molecule has 29 heavy (non-hydrogen) atoms. The lowest BCUT2D eigenvalue weighted by Crippen LogP contribution is -2.56. The summed E-state index contributed by atoms with van der Waals surface area (Å²) in [6, 6.07) is 16.2. The number of nitrogens with zero attached hydrogens (tertiary/aromatic N) is 4. The molecule has 0 radical (unpaired) electrons. The number of anilines is 2. The van der Waals surface area contributed by atoms with E-state index in [2.05, 4.69) is 33.2 Å². The summed E-state index contributed by atoms with van der Waals surface area (Å²) in [5, 5.41) is 4.44. The molecule has 2 aromatic carbocycles. The Morgan fingerprint density at radius 2 is 1.66 bits per heavy atom. The first-order valence-electron chi connectivity index (χ1n) is 10.0. The summed E-state index contributed by atoms with van der Waals surface area (Å²) in [6.07, 6.45) is 1.61. The van der Waals surface area contributed by atoms with Crippen LogP contribution in [0.5, 0.6) is 0 Å². The molecule has 0 saturated carbocycles. The van der Waals surface area contributed by atoms with E-state index in [9.17, 15) is 4.79 Å². The third kappa shape index (κ3) is 4.01. The zero-order valence-corrected chi connectivity index (χ0v) is 17.2. The van der Waals surface area contributed by atoms with Gasteiger partial charge in [0, 0.05) is 37.3 Å². The Bertz CT molecular complexity index is 1000. The quantitative estimate of drug-likeness (QED) is 0.740. The predicted octanol–water partition coefficient (Wildman–Crippen LogP) is 3.48. The second kappa shape index (κ2) is 7.70. The van der Waals surface area contributed by atoms with Gasteiger partial charge in [-0.15, -0.1) is 0 Å². The van der Waals surface area contributed by atoms with Gasteiger partial charge < -0.3 is 15.1 Å². The van der Waals surface area contributed by atoms with Crippen molar-refractivity contribution in [3.05, 3.63) is 60.4 Å². The molecular weight excluding hydrogens is 362 g/mol. The van der Waals surface area contributed by atoms with E-state index in [1.807, 2.05) is 61.2 Å². The first-order valence-corrected chi connectivity index (χ1v) is 10.0. The molecule has 0 spiro atoms. The lowest BCUT2D eigenvalue weighted by Gasteiger charge is -2.39. The summed E-state index contributed by atoms with van der Waals surface area (Å²) in [5.41, 5.74) is 2.44. The van der Waals surface area contributed by atoms with Gasteiger partial charge in [-0.25, -0.2) is 9.97 Å². The number of hydrogen-bond acceptors (Lipinski definition) is 5. The second-order valence-electron chi connectivity index (χ2n) is 8.11. The van der Waals surface area contributed by atoms with Crippen molar-refractivity contribution in [3.8, 4) is 0 Å². The van der Waals surface area contributed by atoms with E-state index in [0.717, 1.165) is 35.5 Å². The molecular formula is C23H27N5O. The number of carbonyl (C=O) groups is 1. The number of piperazine rings is 1. The first-order chi connectivity index (χ1) is 13.9. The third-order valence-electron chi connectivity index (χ3n) is 5.43. The van der Waals surface area contributed by atoms with Crippen LogP contribution in [-0.4, -0.2) is 52.5 Å². The van der Waals surface area contributed by atoms with Crippen molar-refractivity contribution < 1.29 is 4.79 Å². The molecule has 150 valence electrons. The second-order valence-corrected chi connectivity index (χ2v) is 8.11. The highest BCUT2D eigenvalue weighted by Crippen LogP contribution is 2.25. The fraction of sp³-hybridized carbons (Fsp3) is 0.348. The maximum absolute atomic E-state index is 13.2. The number of para-hydroxylation sites is 1. The Hall–Kier alpha value is -3.15. The molecule has 1 fully saturated rings. The summed E-state index contributed by atoms with van der Waals surface area (Å²) in [6.45, 7) is 8.81. The van der Waals surface area contributed by atoms with Gasteiger partial charge in [0.15, 0.2) is 0 Å². The molecule has 6 nitrogen and oxygen atoms in total. The summed E-state index contributed by atoms with van der Waals surface area (Å²) >= 11 is 0. The van der Waals surface area contributed by atoms with Gasteiger partial charge in [-0.3, -0.25) is 4.79 Å². The van der Waals surface area contributed by atoms with Crippen LogP contribution in [-0.2, 0) is 4.79 Å². The van der Waals surface area contributed by atoms with Crippen molar-refractivity contribution >= 4 is 28.3 Å². The molecule has 1 N–H and O–H groups in total. The largest absolute Gasteiger partial charge is 0.372 e. The van der Waals surface area contributed by atoms with Crippen molar-refractivity contribution in [2.24, 2.45) is 0 Å². The molecule has 0 aliphatic carbocycles. The summed E-state index contributed by atoms with van der Waals surface area (Å²) in [7, 11) is 0. The van der Waals surface area contributed by atoms with Crippen molar-refractivity contribution in [1.29, 1.82) is 0 Å². The van der Waals surface area contributed by atoms with Crippen LogP contribution in [0.4, 0.5) is 11.5 Å². The van der Waals surface area contributed by atoms with E-state index in [-0.39, 0.29) is 5.91 Å². The van der Waals surface area contributed by atoms with Crippen LogP contribution in [0.3, 0.4) is 0 Å². The maximum Gasteiger partial charge on any atom is 0.247 e. The van der Waals surface area contributed by atoms with Crippen molar-refractivity contribution in [3.63, 3.8) is 0 Å². The van der Waals surface area contributed by atoms with Gasteiger partial charge in [0.1, 0.15) is 17.7 Å². The van der Waals surface area contributed by atoms with E-state index in [0.29, 0.717) is 13.1 Å². The zero-order valence-electron chi connectivity index (χ0n) is 17.2.